The van der Waals surface area contributed by atoms with E-state index in [1.165, 1.54) is 11.3 Å². The number of barbiturate groups is 1. The fourth-order valence-electron chi connectivity index (χ4n) is 5.56. The minimum Gasteiger partial charge on any atom is -0.364 e. The molecule has 0 spiro atoms. The molecule has 34 heavy (non-hydrogen) atoms. The number of aryl methyl sites for hydroxylation is 2. The highest BCUT2D eigenvalue weighted by molar-refractivity contribution is 6.39. The Kier molecular flexibility index (Phi) is 5.88. The fourth-order valence-corrected chi connectivity index (χ4v) is 5.56. The van der Waals surface area contributed by atoms with Gasteiger partial charge >= 0.3 is 6.03 Å². The predicted octanol–water partition coefficient (Wildman–Crippen LogP) is 5.47. The Morgan fingerprint density at radius 2 is 1.79 bits per heavy atom. The zero-order valence-corrected chi connectivity index (χ0v) is 21.0. The summed E-state index contributed by atoms with van der Waals surface area (Å²) in [6.07, 6.45) is 2.63. The van der Waals surface area contributed by atoms with E-state index >= 15 is 0 Å². The molecule has 0 unspecified atom stereocenters. The van der Waals surface area contributed by atoms with Gasteiger partial charge in [0.05, 0.1) is 5.69 Å². The highest BCUT2D eigenvalue weighted by atomic mass is 16.2. The first-order valence-electron chi connectivity index (χ1n) is 11.8. The Morgan fingerprint density at radius 3 is 2.44 bits per heavy atom. The van der Waals surface area contributed by atoms with E-state index in [0.29, 0.717) is 17.6 Å². The molecule has 1 atom stereocenters. The molecular weight excluding hydrogens is 426 g/mol. The van der Waals surface area contributed by atoms with E-state index in [1.54, 1.807) is 24.3 Å². The Morgan fingerprint density at radius 1 is 1.09 bits per heavy atom. The lowest BCUT2D eigenvalue weighted by atomic mass is 9.78. The van der Waals surface area contributed by atoms with Crippen LogP contribution in [-0.2, 0) is 9.59 Å². The molecule has 0 aliphatic carbocycles. The molecule has 2 aliphatic heterocycles. The average molecular weight is 460 g/mol. The van der Waals surface area contributed by atoms with Crippen LogP contribution in [0.2, 0.25) is 0 Å². The van der Waals surface area contributed by atoms with Crippen molar-refractivity contribution in [2.24, 2.45) is 0 Å². The Hall–Kier alpha value is -3.41. The van der Waals surface area contributed by atoms with Gasteiger partial charge in [0.1, 0.15) is 5.57 Å². The van der Waals surface area contributed by atoms with Crippen molar-refractivity contribution in [2.75, 3.05) is 9.80 Å². The summed E-state index contributed by atoms with van der Waals surface area (Å²) in [5, 5.41) is 2.32. The minimum atomic E-state index is -0.733. The molecule has 1 N–H and O–H groups in total. The number of urea groups is 1. The van der Waals surface area contributed by atoms with Gasteiger partial charge in [-0.25, -0.2) is 9.69 Å². The molecule has 178 valence electrons. The van der Waals surface area contributed by atoms with Crippen molar-refractivity contribution in [1.82, 2.24) is 5.32 Å². The molecule has 0 saturated carbocycles. The third-order valence-corrected chi connectivity index (χ3v) is 6.84. The van der Waals surface area contributed by atoms with Crippen LogP contribution in [0.3, 0.4) is 0 Å². The normalized spacial score (nSPS) is 21.2. The number of imide groups is 2. The topological polar surface area (TPSA) is 69.7 Å². The zero-order valence-electron chi connectivity index (χ0n) is 21.0. The highest BCUT2D eigenvalue weighted by Crippen LogP contribution is 2.45. The van der Waals surface area contributed by atoms with E-state index in [2.05, 4.69) is 57.0 Å². The molecule has 2 aromatic rings. The van der Waals surface area contributed by atoms with Gasteiger partial charge in [-0.3, -0.25) is 14.9 Å². The summed E-state index contributed by atoms with van der Waals surface area (Å²) in [4.78, 5) is 42.0. The summed E-state index contributed by atoms with van der Waals surface area (Å²) < 4.78 is 0. The number of amides is 4. The van der Waals surface area contributed by atoms with Crippen molar-refractivity contribution in [2.45, 2.75) is 72.4 Å². The third kappa shape index (κ3) is 4.02. The van der Waals surface area contributed by atoms with Gasteiger partial charge < -0.3 is 4.90 Å². The number of nitrogens with one attached hydrogen (secondary N) is 1. The van der Waals surface area contributed by atoms with Crippen molar-refractivity contribution in [3.05, 3.63) is 64.2 Å². The molecule has 2 heterocycles. The van der Waals surface area contributed by atoms with Gasteiger partial charge in [-0.1, -0.05) is 19.1 Å². The maximum atomic E-state index is 13.3. The first-order chi connectivity index (χ1) is 15.9. The van der Waals surface area contributed by atoms with Crippen LogP contribution in [0.5, 0.6) is 0 Å². The number of carbonyl (C=O) groups excluding carboxylic acids is 3. The van der Waals surface area contributed by atoms with Gasteiger partial charge in [0.2, 0.25) is 0 Å². The summed E-state index contributed by atoms with van der Waals surface area (Å²) in [7, 11) is 0. The molecule has 0 aromatic heterocycles. The van der Waals surface area contributed by atoms with E-state index in [4.69, 9.17) is 0 Å². The second-order valence-electron chi connectivity index (χ2n) is 10.4. The summed E-state index contributed by atoms with van der Waals surface area (Å²) in [5.74, 6) is -0.956. The molecule has 1 fully saturated rings. The molecule has 1 saturated heterocycles. The van der Waals surface area contributed by atoms with E-state index in [0.717, 1.165) is 28.0 Å². The SMILES string of the molecule is Cc1cccc(N2C(=O)NC(=O)/C(=C\c3cc4c(cc3C)N(C(C)C)C(C)(C)C[C@H]4C)C2=O)c1. The molecule has 0 radical (unpaired) electrons. The second-order valence-corrected chi connectivity index (χ2v) is 10.4. The maximum Gasteiger partial charge on any atom is 0.335 e. The van der Waals surface area contributed by atoms with Crippen LogP contribution < -0.4 is 15.1 Å². The summed E-state index contributed by atoms with van der Waals surface area (Å²) in [6, 6.07) is 11.0. The second kappa shape index (κ2) is 8.42. The molecule has 2 aliphatic rings. The van der Waals surface area contributed by atoms with Crippen LogP contribution in [0.4, 0.5) is 16.2 Å². The van der Waals surface area contributed by atoms with Crippen LogP contribution in [0, 0.1) is 13.8 Å². The Labute approximate surface area is 201 Å². The highest BCUT2D eigenvalue weighted by Gasteiger charge is 2.39. The average Bonchev–Trinajstić information content (AvgIpc) is 2.70. The lowest BCUT2D eigenvalue weighted by Gasteiger charge is -2.50. The lowest BCUT2D eigenvalue weighted by molar-refractivity contribution is -0.122. The number of fused-ring (bicyclic) bond motifs is 1. The number of hydrogen-bond donors (Lipinski definition) is 1. The van der Waals surface area contributed by atoms with Gasteiger partial charge in [-0.2, -0.15) is 0 Å². The van der Waals surface area contributed by atoms with Crippen molar-refractivity contribution >= 4 is 35.3 Å². The number of anilines is 2. The number of nitrogens with zero attached hydrogens (tertiary/aromatic N) is 2. The monoisotopic (exact) mass is 459 g/mol. The third-order valence-electron chi connectivity index (χ3n) is 6.84. The molecule has 6 heteroatoms. The largest absolute Gasteiger partial charge is 0.364 e. The fraction of sp³-hybridized carbons (Fsp3) is 0.393. The van der Waals surface area contributed by atoms with Gasteiger partial charge in [0, 0.05) is 17.3 Å². The van der Waals surface area contributed by atoms with Gasteiger partial charge in [-0.15, -0.1) is 0 Å². The lowest BCUT2D eigenvalue weighted by Crippen LogP contribution is -2.54. The molecule has 6 nitrogen and oxygen atoms in total. The van der Waals surface area contributed by atoms with E-state index in [-0.39, 0.29) is 11.1 Å². The van der Waals surface area contributed by atoms with Crippen LogP contribution in [0.1, 0.15) is 69.2 Å². The number of hydrogen-bond acceptors (Lipinski definition) is 4. The maximum absolute atomic E-state index is 13.3. The molecular formula is C28H33N3O3. The van der Waals surface area contributed by atoms with E-state index in [1.807, 2.05) is 19.9 Å². The molecule has 4 amide bonds. The van der Waals surface area contributed by atoms with Crippen molar-refractivity contribution in [1.29, 1.82) is 0 Å². The zero-order chi connectivity index (χ0) is 24.9. The van der Waals surface area contributed by atoms with Gasteiger partial charge in [0.15, 0.2) is 0 Å². The van der Waals surface area contributed by atoms with E-state index < -0.39 is 17.8 Å². The number of benzene rings is 2. The van der Waals surface area contributed by atoms with Crippen LogP contribution in [0.15, 0.2) is 42.0 Å². The van der Waals surface area contributed by atoms with Crippen molar-refractivity contribution in [3.8, 4) is 0 Å². The predicted molar refractivity (Wildman–Crippen MR) is 136 cm³/mol. The summed E-state index contributed by atoms with van der Waals surface area (Å²) >= 11 is 0. The minimum absolute atomic E-state index is 0.0287. The van der Waals surface area contributed by atoms with Crippen molar-refractivity contribution < 1.29 is 14.4 Å². The summed E-state index contributed by atoms with van der Waals surface area (Å²) in [5.41, 5.74) is 5.53. The van der Waals surface area contributed by atoms with Crippen LogP contribution in [-0.4, -0.2) is 29.4 Å². The number of rotatable bonds is 3. The van der Waals surface area contributed by atoms with Gasteiger partial charge in [-0.05, 0) is 106 Å². The van der Waals surface area contributed by atoms with Crippen LogP contribution in [0.25, 0.3) is 6.08 Å². The van der Waals surface area contributed by atoms with Gasteiger partial charge in [0.25, 0.3) is 11.8 Å². The molecule has 2 aromatic carbocycles. The summed E-state index contributed by atoms with van der Waals surface area (Å²) in [6.45, 7) is 15.1. The smallest absolute Gasteiger partial charge is 0.335 e. The molecule has 0 bridgehead atoms. The quantitative estimate of drug-likeness (QED) is 0.488. The number of carbonyl (C=O) groups is 3. The molecule has 4 rings (SSSR count). The van der Waals surface area contributed by atoms with E-state index in [9.17, 15) is 14.4 Å². The van der Waals surface area contributed by atoms with Crippen molar-refractivity contribution in [3.63, 3.8) is 0 Å². The Bertz CT molecular complexity index is 1230. The standard InChI is InChI=1S/C28H33N3O3/c1-16(2)31-24-12-18(4)20(13-22(24)19(5)15-28(31,6)7)14-23-25(32)29-27(34)30(26(23)33)21-10-8-9-17(3)11-21/h8-14,16,19H,15H2,1-7H3,(H,29,32,34)/b23-14+/t19-/m1/s1. The first kappa shape index (κ1) is 23.7. The first-order valence-corrected chi connectivity index (χ1v) is 11.8. The Balaban J connectivity index is 1.79. The van der Waals surface area contributed by atoms with Crippen LogP contribution >= 0.6 is 0 Å².